The van der Waals surface area contributed by atoms with Crippen LogP contribution in [0.4, 0.5) is 5.69 Å². The van der Waals surface area contributed by atoms with Gasteiger partial charge in [-0.15, -0.1) is 0 Å². The number of esters is 1. The maximum absolute atomic E-state index is 13.3. The topological polar surface area (TPSA) is 46.6 Å². The molecule has 0 bridgehead atoms. The van der Waals surface area contributed by atoms with Crippen LogP contribution < -0.4 is 4.90 Å². The average molecular weight is 384 g/mol. The fraction of sp³-hybridized carbons (Fsp3) is 0.364. The van der Waals surface area contributed by atoms with Crippen molar-refractivity contribution in [2.24, 2.45) is 5.41 Å². The average Bonchev–Trinajstić information content (AvgIpc) is 3.19. The third-order valence-electron chi connectivity index (χ3n) is 5.66. The van der Waals surface area contributed by atoms with Gasteiger partial charge in [-0.1, -0.05) is 62.7 Å². The van der Waals surface area contributed by atoms with E-state index in [0.29, 0.717) is 5.02 Å². The Bertz CT molecular complexity index is 949. The summed E-state index contributed by atoms with van der Waals surface area (Å²) in [6.07, 6.45) is 0. The van der Waals surface area contributed by atoms with Crippen LogP contribution in [0.2, 0.25) is 5.02 Å². The minimum Gasteiger partial charge on any atom is -0.468 e. The zero-order valence-electron chi connectivity index (χ0n) is 15.8. The van der Waals surface area contributed by atoms with Crippen LogP contribution in [0.5, 0.6) is 0 Å². The predicted molar refractivity (Wildman–Crippen MR) is 105 cm³/mol. The van der Waals surface area contributed by atoms with Crippen molar-refractivity contribution in [3.05, 3.63) is 64.7 Å². The molecule has 2 aromatic rings. The molecule has 1 saturated carbocycles. The third-order valence-corrected chi connectivity index (χ3v) is 5.89. The van der Waals surface area contributed by atoms with E-state index in [1.807, 2.05) is 57.2 Å². The standard InChI is InChI=1S/C22H22ClNO3/c1-21(2,3)19(25)24-16-11-6-5-10-15(16)17-18(24)22(17,20(26)27-4)13-8-7-9-14(23)12-13/h5-12,17-18H,1-4H3/t17-,18+,22+/m1/s1. The third kappa shape index (κ3) is 2.36. The molecule has 0 radical (unpaired) electrons. The lowest BCUT2D eigenvalue weighted by Crippen LogP contribution is -2.45. The smallest absolute Gasteiger partial charge is 0.319 e. The monoisotopic (exact) mass is 383 g/mol. The molecule has 4 rings (SSSR count). The summed E-state index contributed by atoms with van der Waals surface area (Å²) in [4.78, 5) is 28.2. The summed E-state index contributed by atoms with van der Waals surface area (Å²) in [6, 6.07) is 14.8. The van der Waals surface area contributed by atoms with Crippen molar-refractivity contribution in [2.45, 2.75) is 38.1 Å². The molecular weight excluding hydrogens is 362 g/mol. The Labute approximate surface area is 164 Å². The second kappa shape index (κ2) is 5.83. The Morgan fingerprint density at radius 1 is 1.11 bits per heavy atom. The first-order valence-electron chi connectivity index (χ1n) is 9.01. The van der Waals surface area contributed by atoms with E-state index in [-0.39, 0.29) is 23.8 Å². The van der Waals surface area contributed by atoms with Crippen LogP contribution >= 0.6 is 11.6 Å². The SMILES string of the molecule is COC(=O)[C@@]1(c2cccc(Cl)c2)[C@@H]2c3ccccc3N(C(=O)C(C)(C)C)[C@@H]21. The molecule has 1 amide bonds. The van der Waals surface area contributed by atoms with Crippen molar-refractivity contribution >= 4 is 29.2 Å². The first-order chi connectivity index (χ1) is 12.7. The number of carbonyl (C=O) groups excluding carboxylic acids is 2. The maximum Gasteiger partial charge on any atom is 0.319 e. The Morgan fingerprint density at radius 2 is 1.81 bits per heavy atom. The molecule has 1 aliphatic heterocycles. The number of nitrogens with zero attached hydrogens (tertiary/aromatic N) is 1. The van der Waals surface area contributed by atoms with Crippen LogP contribution in [-0.2, 0) is 19.7 Å². The number of carbonyl (C=O) groups is 2. The molecule has 0 saturated heterocycles. The molecule has 0 aromatic heterocycles. The molecule has 2 aromatic carbocycles. The number of amides is 1. The van der Waals surface area contributed by atoms with Gasteiger partial charge in [-0.05, 0) is 29.3 Å². The molecule has 0 unspecified atom stereocenters. The van der Waals surface area contributed by atoms with Crippen molar-refractivity contribution in [3.63, 3.8) is 0 Å². The van der Waals surface area contributed by atoms with E-state index in [4.69, 9.17) is 16.3 Å². The second-order valence-corrected chi connectivity index (χ2v) is 8.71. The highest BCUT2D eigenvalue weighted by Gasteiger charge is 2.78. The van der Waals surface area contributed by atoms with Gasteiger partial charge in [0.25, 0.3) is 0 Å². The lowest BCUT2D eigenvalue weighted by Gasteiger charge is -2.32. The van der Waals surface area contributed by atoms with Gasteiger partial charge in [-0.3, -0.25) is 9.59 Å². The number of fused-ring (bicyclic) bond motifs is 3. The van der Waals surface area contributed by atoms with Crippen molar-refractivity contribution < 1.29 is 14.3 Å². The molecule has 3 atom stereocenters. The van der Waals surface area contributed by atoms with E-state index < -0.39 is 10.8 Å². The number of hydrogen-bond acceptors (Lipinski definition) is 3. The molecule has 0 spiro atoms. The van der Waals surface area contributed by atoms with Gasteiger partial charge in [0, 0.05) is 22.0 Å². The fourth-order valence-electron chi connectivity index (χ4n) is 4.49. The second-order valence-electron chi connectivity index (χ2n) is 8.28. The van der Waals surface area contributed by atoms with Gasteiger partial charge < -0.3 is 9.64 Å². The Kier molecular flexibility index (Phi) is 3.90. The highest BCUT2D eigenvalue weighted by atomic mass is 35.5. The van der Waals surface area contributed by atoms with Crippen molar-refractivity contribution in [2.75, 3.05) is 12.0 Å². The number of halogens is 1. The van der Waals surface area contributed by atoms with Crippen molar-refractivity contribution in [3.8, 4) is 0 Å². The summed E-state index contributed by atoms with van der Waals surface area (Å²) in [5, 5.41) is 0.558. The van der Waals surface area contributed by atoms with Gasteiger partial charge in [-0.2, -0.15) is 0 Å². The molecule has 27 heavy (non-hydrogen) atoms. The number of ether oxygens (including phenoxy) is 1. The van der Waals surface area contributed by atoms with Crippen molar-refractivity contribution in [1.29, 1.82) is 0 Å². The Balaban J connectivity index is 1.93. The van der Waals surface area contributed by atoms with Crippen LogP contribution in [0.25, 0.3) is 0 Å². The largest absolute Gasteiger partial charge is 0.468 e. The van der Waals surface area contributed by atoms with E-state index in [2.05, 4.69) is 0 Å². The maximum atomic E-state index is 13.3. The molecule has 1 heterocycles. The highest BCUT2D eigenvalue weighted by Crippen LogP contribution is 2.70. The fourth-order valence-corrected chi connectivity index (χ4v) is 4.68. The van der Waals surface area contributed by atoms with Gasteiger partial charge in [-0.25, -0.2) is 0 Å². The highest BCUT2D eigenvalue weighted by molar-refractivity contribution is 6.30. The zero-order valence-corrected chi connectivity index (χ0v) is 16.6. The first-order valence-corrected chi connectivity index (χ1v) is 9.39. The van der Waals surface area contributed by atoms with E-state index in [1.54, 1.807) is 17.0 Å². The Hall–Kier alpha value is -2.33. The predicted octanol–water partition coefficient (Wildman–Crippen LogP) is 4.31. The van der Waals surface area contributed by atoms with Gasteiger partial charge >= 0.3 is 5.97 Å². The number of para-hydroxylation sites is 1. The quantitative estimate of drug-likeness (QED) is 0.726. The Morgan fingerprint density at radius 3 is 2.44 bits per heavy atom. The van der Waals surface area contributed by atoms with Crippen LogP contribution in [-0.4, -0.2) is 25.0 Å². The van der Waals surface area contributed by atoms with Gasteiger partial charge in [0.15, 0.2) is 0 Å². The molecule has 2 aliphatic rings. The molecule has 1 aliphatic carbocycles. The number of rotatable bonds is 2. The number of benzene rings is 2. The van der Waals surface area contributed by atoms with E-state index in [1.165, 1.54) is 7.11 Å². The minimum atomic E-state index is -0.922. The number of hydrogen-bond donors (Lipinski definition) is 0. The van der Waals surface area contributed by atoms with Crippen LogP contribution in [0.15, 0.2) is 48.5 Å². The lowest BCUT2D eigenvalue weighted by molar-refractivity contribution is -0.144. The van der Waals surface area contributed by atoms with Gasteiger partial charge in [0.05, 0.1) is 13.2 Å². The zero-order chi connectivity index (χ0) is 19.6. The van der Waals surface area contributed by atoms with Crippen LogP contribution in [0, 0.1) is 5.41 Å². The molecule has 4 nitrogen and oxygen atoms in total. The summed E-state index contributed by atoms with van der Waals surface area (Å²) in [5.41, 5.74) is 1.19. The van der Waals surface area contributed by atoms with Crippen molar-refractivity contribution in [1.82, 2.24) is 0 Å². The molecule has 5 heteroatoms. The number of methoxy groups -OCH3 is 1. The molecule has 0 N–H and O–H groups in total. The summed E-state index contributed by atoms with van der Waals surface area (Å²) >= 11 is 6.22. The summed E-state index contributed by atoms with van der Waals surface area (Å²) in [7, 11) is 1.39. The van der Waals surface area contributed by atoms with E-state index in [0.717, 1.165) is 16.8 Å². The van der Waals surface area contributed by atoms with E-state index >= 15 is 0 Å². The lowest BCUT2D eigenvalue weighted by atomic mass is 9.87. The molecule has 140 valence electrons. The van der Waals surface area contributed by atoms with Crippen LogP contribution in [0.1, 0.15) is 37.8 Å². The number of anilines is 1. The van der Waals surface area contributed by atoms with E-state index in [9.17, 15) is 9.59 Å². The van der Waals surface area contributed by atoms with Gasteiger partial charge in [0.1, 0.15) is 5.41 Å². The minimum absolute atomic E-state index is 0.00439. The van der Waals surface area contributed by atoms with Crippen LogP contribution in [0.3, 0.4) is 0 Å². The van der Waals surface area contributed by atoms with Gasteiger partial charge in [0.2, 0.25) is 5.91 Å². The molecular formula is C22H22ClNO3. The first kappa shape index (κ1) is 18.1. The summed E-state index contributed by atoms with van der Waals surface area (Å²) in [6.45, 7) is 5.69. The summed E-state index contributed by atoms with van der Waals surface area (Å²) < 4.78 is 5.22. The summed E-state index contributed by atoms with van der Waals surface area (Å²) in [5.74, 6) is -0.470. The normalized spacial score (nSPS) is 25.6. The molecule has 1 fully saturated rings.